The van der Waals surface area contributed by atoms with Crippen molar-refractivity contribution in [2.45, 2.75) is 31.7 Å². The fraction of sp³-hybridized carbons (Fsp3) is 0.692. The van der Waals surface area contributed by atoms with Crippen LogP contribution in [0.2, 0.25) is 0 Å². The Kier molecular flexibility index (Phi) is 3.61. The Morgan fingerprint density at radius 3 is 2.78 bits per heavy atom. The maximum Gasteiger partial charge on any atom is 0.265 e. The van der Waals surface area contributed by atoms with Crippen LogP contribution in [0.25, 0.3) is 0 Å². The molecule has 2 aliphatic rings. The number of aromatic nitrogens is 1. The summed E-state index contributed by atoms with van der Waals surface area (Å²) in [5.74, 6) is 0.863. The molecule has 1 N–H and O–H groups in total. The minimum atomic E-state index is 0.193. The standard InChI is InChI=1S/C13H19N3OS/c17-13(12-7-15-9-18-12)16(11-1-2-11)8-10-3-5-14-6-4-10/h7,9-11,14H,1-6,8H2. The first-order chi connectivity index (χ1) is 8.84. The van der Waals surface area contributed by atoms with Crippen molar-refractivity contribution in [3.05, 3.63) is 16.6 Å². The molecule has 3 rings (SSSR count). The van der Waals surface area contributed by atoms with Gasteiger partial charge < -0.3 is 10.2 Å². The third-order valence-corrected chi connectivity index (χ3v) is 4.57. The largest absolute Gasteiger partial charge is 0.335 e. The van der Waals surface area contributed by atoms with Crippen LogP contribution in [0, 0.1) is 5.92 Å². The number of piperidine rings is 1. The van der Waals surface area contributed by atoms with Crippen LogP contribution >= 0.6 is 11.3 Å². The highest BCUT2D eigenvalue weighted by molar-refractivity contribution is 7.11. The van der Waals surface area contributed by atoms with E-state index in [1.165, 1.54) is 37.0 Å². The van der Waals surface area contributed by atoms with E-state index in [4.69, 9.17) is 0 Å². The predicted molar refractivity (Wildman–Crippen MR) is 71.8 cm³/mol. The summed E-state index contributed by atoms with van der Waals surface area (Å²) in [4.78, 5) is 19.3. The number of rotatable bonds is 4. The predicted octanol–water partition coefficient (Wildman–Crippen LogP) is 1.75. The van der Waals surface area contributed by atoms with Gasteiger partial charge in [-0.15, -0.1) is 11.3 Å². The molecule has 0 bridgehead atoms. The molecule has 1 aromatic heterocycles. The maximum absolute atomic E-state index is 12.4. The molecular weight excluding hydrogens is 246 g/mol. The van der Waals surface area contributed by atoms with Gasteiger partial charge in [-0.1, -0.05) is 0 Å². The number of hydrogen-bond acceptors (Lipinski definition) is 4. The highest BCUT2D eigenvalue weighted by Gasteiger charge is 2.35. The van der Waals surface area contributed by atoms with Crippen molar-refractivity contribution in [1.82, 2.24) is 15.2 Å². The summed E-state index contributed by atoms with van der Waals surface area (Å²) in [7, 11) is 0. The SMILES string of the molecule is O=C(c1cncs1)N(CC1CCNCC1)C1CC1. The van der Waals surface area contributed by atoms with Crippen LogP contribution in [0.3, 0.4) is 0 Å². The van der Waals surface area contributed by atoms with Crippen molar-refractivity contribution >= 4 is 17.2 Å². The summed E-state index contributed by atoms with van der Waals surface area (Å²) in [5.41, 5.74) is 1.74. The molecule has 2 fully saturated rings. The average Bonchev–Trinajstić information content (AvgIpc) is 3.10. The fourth-order valence-corrected chi connectivity index (χ4v) is 3.16. The molecule has 0 aromatic carbocycles. The number of amides is 1. The Bertz CT molecular complexity index is 396. The van der Waals surface area contributed by atoms with Gasteiger partial charge in [0.15, 0.2) is 0 Å². The van der Waals surface area contributed by atoms with Gasteiger partial charge in [-0.25, -0.2) is 0 Å². The van der Waals surface area contributed by atoms with Crippen LogP contribution in [-0.4, -0.2) is 41.5 Å². The van der Waals surface area contributed by atoms with Crippen LogP contribution in [0.4, 0.5) is 0 Å². The lowest BCUT2D eigenvalue weighted by molar-refractivity contribution is 0.0706. The molecule has 1 aliphatic heterocycles. The second-order valence-electron chi connectivity index (χ2n) is 5.25. The van der Waals surface area contributed by atoms with Crippen molar-refractivity contribution < 1.29 is 4.79 Å². The number of thiazole rings is 1. The molecule has 18 heavy (non-hydrogen) atoms. The van der Waals surface area contributed by atoms with Gasteiger partial charge >= 0.3 is 0 Å². The highest BCUT2D eigenvalue weighted by atomic mass is 32.1. The van der Waals surface area contributed by atoms with E-state index in [1.54, 1.807) is 11.7 Å². The monoisotopic (exact) mass is 265 g/mol. The molecule has 1 saturated heterocycles. The van der Waals surface area contributed by atoms with Gasteiger partial charge in [0.05, 0.1) is 11.7 Å². The number of nitrogens with zero attached hydrogens (tertiary/aromatic N) is 2. The second-order valence-corrected chi connectivity index (χ2v) is 6.13. The summed E-state index contributed by atoms with van der Waals surface area (Å²) < 4.78 is 0. The van der Waals surface area contributed by atoms with Crippen LogP contribution in [-0.2, 0) is 0 Å². The minimum Gasteiger partial charge on any atom is -0.335 e. The Hall–Kier alpha value is -0.940. The normalized spacial score (nSPS) is 20.9. The van der Waals surface area contributed by atoms with Gasteiger partial charge in [0.25, 0.3) is 5.91 Å². The van der Waals surface area contributed by atoms with Gasteiger partial charge in [-0.05, 0) is 44.7 Å². The van der Waals surface area contributed by atoms with E-state index in [-0.39, 0.29) is 5.91 Å². The maximum atomic E-state index is 12.4. The zero-order valence-corrected chi connectivity index (χ0v) is 11.3. The molecule has 1 aliphatic carbocycles. The Labute approximate surface area is 111 Å². The number of nitrogens with one attached hydrogen (secondary N) is 1. The van der Waals surface area contributed by atoms with Gasteiger partial charge in [0, 0.05) is 12.6 Å². The molecule has 0 radical (unpaired) electrons. The van der Waals surface area contributed by atoms with E-state index >= 15 is 0 Å². The van der Waals surface area contributed by atoms with Crippen molar-refractivity contribution in [2.24, 2.45) is 5.92 Å². The molecule has 5 heteroatoms. The molecule has 0 unspecified atom stereocenters. The third-order valence-electron chi connectivity index (χ3n) is 3.81. The second kappa shape index (κ2) is 5.36. The van der Waals surface area contributed by atoms with E-state index in [9.17, 15) is 4.79 Å². The summed E-state index contributed by atoms with van der Waals surface area (Å²) in [6, 6.07) is 0.495. The first-order valence-electron chi connectivity index (χ1n) is 6.75. The quantitative estimate of drug-likeness (QED) is 0.902. The van der Waals surface area contributed by atoms with Crippen LogP contribution in [0.15, 0.2) is 11.7 Å². The zero-order valence-electron chi connectivity index (χ0n) is 10.5. The lowest BCUT2D eigenvalue weighted by atomic mass is 9.97. The van der Waals surface area contributed by atoms with Crippen molar-refractivity contribution in [1.29, 1.82) is 0 Å². The number of hydrogen-bond donors (Lipinski definition) is 1. The molecule has 2 heterocycles. The first kappa shape index (κ1) is 12.1. The Morgan fingerprint density at radius 1 is 1.39 bits per heavy atom. The first-order valence-corrected chi connectivity index (χ1v) is 7.63. The fourth-order valence-electron chi connectivity index (χ4n) is 2.59. The van der Waals surface area contributed by atoms with Crippen molar-refractivity contribution in [3.8, 4) is 0 Å². The van der Waals surface area contributed by atoms with Gasteiger partial charge in [0.1, 0.15) is 4.88 Å². The zero-order chi connectivity index (χ0) is 12.4. The minimum absolute atomic E-state index is 0.193. The molecule has 1 aromatic rings. The number of carbonyl (C=O) groups is 1. The lowest BCUT2D eigenvalue weighted by Crippen LogP contribution is -2.40. The topological polar surface area (TPSA) is 45.2 Å². The van der Waals surface area contributed by atoms with E-state index in [1.807, 2.05) is 0 Å². The highest BCUT2D eigenvalue weighted by Crippen LogP contribution is 2.30. The van der Waals surface area contributed by atoms with Crippen LogP contribution < -0.4 is 5.32 Å². The van der Waals surface area contributed by atoms with E-state index in [0.717, 1.165) is 24.5 Å². The van der Waals surface area contributed by atoms with E-state index < -0.39 is 0 Å². The Morgan fingerprint density at radius 2 is 2.17 bits per heavy atom. The van der Waals surface area contributed by atoms with Crippen LogP contribution in [0.5, 0.6) is 0 Å². The Balaban J connectivity index is 1.66. The molecule has 0 spiro atoms. The summed E-state index contributed by atoms with van der Waals surface area (Å²) in [6.45, 7) is 3.12. The molecular formula is C13H19N3OS. The van der Waals surface area contributed by atoms with Crippen molar-refractivity contribution in [3.63, 3.8) is 0 Å². The van der Waals surface area contributed by atoms with E-state index in [0.29, 0.717) is 12.0 Å². The van der Waals surface area contributed by atoms with Crippen LogP contribution in [0.1, 0.15) is 35.4 Å². The molecule has 4 nitrogen and oxygen atoms in total. The molecule has 1 saturated carbocycles. The average molecular weight is 265 g/mol. The molecule has 1 amide bonds. The summed E-state index contributed by atoms with van der Waals surface area (Å²) >= 11 is 1.45. The molecule has 98 valence electrons. The van der Waals surface area contributed by atoms with Gasteiger partial charge in [-0.3, -0.25) is 9.78 Å². The van der Waals surface area contributed by atoms with Gasteiger partial charge in [-0.2, -0.15) is 0 Å². The summed E-state index contributed by atoms with van der Waals surface area (Å²) in [5, 5.41) is 3.38. The summed E-state index contributed by atoms with van der Waals surface area (Å²) in [6.07, 6.45) is 6.44. The number of carbonyl (C=O) groups excluding carboxylic acids is 1. The third kappa shape index (κ3) is 2.72. The smallest absolute Gasteiger partial charge is 0.265 e. The molecule has 0 atom stereocenters. The lowest BCUT2D eigenvalue weighted by Gasteiger charge is -2.30. The van der Waals surface area contributed by atoms with Gasteiger partial charge in [0.2, 0.25) is 0 Å². The van der Waals surface area contributed by atoms with Crippen molar-refractivity contribution in [2.75, 3.05) is 19.6 Å². The van der Waals surface area contributed by atoms with E-state index in [2.05, 4.69) is 15.2 Å².